The molecule has 1 atom stereocenters. The first-order chi connectivity index (χ1) is 13.0. The van der Waals surface area contributed by atoms with Crippen molar-refractivity contribution in [3.05, 3.63) is 42.4 Å². The molecule has 1 aromatic heterocycles. The van der Waals surface area contributed by atoms with Gasteiger partial charge in [0.2, 0.25) is 0 Å². The first-order valence-electron chi connectivity index (χ1n) is 9.15. The summed E-state index contributed by atoms with van der Waals surface area (Å²) in [7, 11) is 4.25. The molecular formula is C20H26N4O3. The molecule has 7 nitrogen and oxygen atoms in total. The van der Waals surface area contributed by atoms with Crippen LogP contribution < -0.4 is 4.74 Å². The van der Waals surface area contributed by atoms with Gasteiger partial charge >= 0.3 is 5.97 Å². The van der Waals surface area contributed by atoms with Gasteiger partial charge in [0.1, 0.15) is 5.75 Å². The van der Waals surface area contributed by atoms with Crippen LogP contribution in [0.5, 0.6) is 5.75 Å². The van der Waals surface area contributed by atoms with Crippen LogP contribution in [0, 0.1) is 0 Å². The molecular weight excluding hydrogens is 344 g/mol. The van der Waals surface area contributed by atoms with Gasteiger partial charge in [0.25, 0.3) is 0 Å². The summed E-state index contributed by atoms with van der Waals surface area (Å²) < 4.78 is 5.51. The van der Waals surface area contributed by atoms with E-state index in [0.29, 0.717) is 18.3 Å². The fraction of sp³-hybridized carbons (Fsp3) is 0.450. The Morgan fingerprint density at radius 2 is 2.26 bits per heavy atom. The Morgan fingerprint density at radius 3 is 2.93 bits per heavy atom. The molecule has 1 aromatic carbocycles. The summed E-state index contributed by atoms with van der Waals surface area (Å²) >= 11 is 0. The Balaban J connectivity index is 1.79. The second-order valence-electron chi connectivity index (χ2n) is 7.07. The van der Waals surface area contributed by atoms with Crippen molar-refractivity contribution >= 4 is 5.97 Å². The maximum atomic E-state index is 10.9. The molecule has 1 saturated heterocycles. The van der Waals surface area contributed by atoms with Crippen LogP contribution in [0.2, 0.25) is 0 Å². The largest absolute Gasteiger partial charge is 0.482 e. The van der Waals surface area contributed by atoms with Crippen LogP contribution in [0.15, 0.2) is 36.8 Å². The number of aromatic nitrogens is 2. The standard InChI is InChI=1S/C20H26N4O3/c1-23(13-17-4-3-9-24(17)2)12-16-10-15(18-11-21-7-8-22-18)5-6-19(16)27-14-20(25)26/h5-8,10-11,17H,3-4,9,12-14H2,1-2H3,(H,25,26)/t17-/m0/s1. The lowest BCUT2D eigenvalue weighted by Crippen LogP contribution is -2.36. The van der Waals surface area contributed by atoms with Crippen molar-refractivity contribution in [2.75, 3.05) is 33.8 Å². The number of aliphatic carboxylic acids is 1. The Hall–Kier alpha value is -2.51. The number of likely N-dealkylation sites (N-methyl/N-ethyl adjacent to an activating group) is 2. The third kappa shape index (κ3) is 5.24. The van der Waals surface area contributed by atoms with Crippen molar-refractivity contribution in [1.29, 1.82) is 0 Å². The highest BCUT2D eigenvalue weighted by molar-refractivity contribution is 5.69. The minimum Gasteiger partial charge on any atom is -0.482 e. The Labute approximate surface area is 159 Å². The maximum Gasteiger partial charge on any atom is 0.341 e. The number of nitrogens with zero attached hydrogens (tertiary/aromatic N) is 4. The summed E-state index contributed by atoms with van der Waals surface area (Å²) in [5.74, 6) is -0.392. The first kappa shape index (κ1) is 19.3. The summed E-state index contributed by atoms with van der Waals surface area (Å²) in [6.45, 7) is 2.43. The molecule has 144 valence electrons. The van der Waals surface area contributed by atoms with E-state index in [1.54, 1.807) is 18.6 Å². The molecule has 0 saturated carbocycles. The molecule has 2 heterocycles. The second kappa shape index (κ2) is 8.92. The fourth-order valence-corrected chi connectivity index (χ4v) is 3.52. The summed E-state index contributed by atoms with van der Waals surface area (Å²) in [5.41, 5.74) is 2.66. The Morgan fingerprint density at radius 1 is 1.41 bits per heavy atom. The number of carbonyl (C=O) groups is 1. The van der Waals surface area contributed by atoms with E-state index in [2.05, 4.69) is 33.9 Å². The number of hydrogen-bond donors (Lipinski definition) is 1. The normalized spacial score (nSPS) is 17.4. The average molecular weight is 370 g/mol. The molecule has 1 fully saturated rings. The number of carboxylic acid groups (broad SMARTS) is 1. The van der Waals surface area contributed by atoms with Gasteiger partial charge in [-0.2, -0.15) is 0 Å². The van der Waals surface area contributed by atoms with Gasteiger partial charge in [-0.15, -0.1) is 0 Å². The minimum atomic E-state index is -0.986. The molecule has 0 unspecified atom stereocenters. The molecule has 0 bridgehead atoms. The average Bonchev–Trinajstić information content (AvgIpc) is 3.05. The number of hydrogen-bond acceptors (Lipinski definition) is 6. The van der Waals surface area contributed by atoms with Gasteiger partial charge in [-0.1, -0.05) is 0 Å². The molecule has 1 aliphatic rings. The van der Waals surface area contributed by atoms with Crippen LogP contribution in [0.25, 0.3) is 11.3 Å². The van der Waals surface area contributed by atoms with Gasteiger partial charge in [0, 0.05) is 42.7 Å². The molecule has 0 radical (unpaired) electrons. The lowest BCUT2D eigenvalue weighted by molar-refractivity contribution is -0.139. The maximum absolute atomic E-state index is 10.9. The zero-order valence-corrected chi connectivity index (χ0v) is 15.8. The molecule has 0 amide bonds. The predicted molar refractivity (Wildman–Crippen MR) is 103 cm³/mol. The molecule has 1 N–H and O–H groups in total. The number of carboxylic acids is 1. The topological polar surface area (TPSA) is 78.8 Å². The summed E-state index contributed by atoms with van der Waals surface area (Å²) in [6.07, 6.45) is 7.47. The molecule has 0 aliphatic carbocycles. The van der Waals surface area contributed by atoms with Crippen LogP contribution in [0.1, 0.15) is 18.4 Å². The van der Waals surface area contributed by atoms with Crippen molar-refractivity contribution in [1.82, 2.24) is 19.8 Å². The summed E-state index contributed by atoms with van der Waals surface area (Å²) in [4.78, 5) is 24.0. The zero-order valence-electron chi connectivity index (χ0n) is 15.8. The van der Waals surface area contributed by atoms with Crippen LogP contribution in [-0.4, -0.2) is 70.7 Å². The molecule has 3 rings (SSSR count). The van der Waals surface area contributed by atoms with Crippen LogP contribution >= 0.6 is 0 Å². The highest BCUT2D eigenvalue weighted by Crippen LogP contribution is 2.27. The number of likely N-dealkylation sites (tertiary alicyclic amines) is 1. The van der Waals surface area contributed by atoms with E-state index < -0.39 is 5.97 Å². The predicted octanol–water partition coefficient (Wildman–Crippen LogP) is 2.13. The monoisotopic (exact) mass is 370 g/mol. The van der Waals surface area contributed by atoms with E-state index in [1.807, 2.05) is 18.2 Å². The Bertz CT molecular complexity index is 769. The molecule has 0 spiro atoms. The molecule has 1 aliphatic heterocycles. The third-order valence-electron chi connectivity index (χ3n) is 4.90. The Kier molecular flexibility index (Phi) is 6.36. The third-order valence-corrected chi connectivity index (χ3v) is 4.90. The smallest absolute Gasteiger partial charge is 0.341 e. The SMILES string of the molecule is CN(Cc1cc(-c2cnccn2)ccc1OCC(=O)O)C[C@@H]1CCCN1C. The van der Waals surface area contributed by atoms with Crippen LogP contribution in [-0.2, 0) is 11.3 Å². The van der Waals surface area contributed by atoms with E-state index in [-0.39, 0.29) is 6.61 Å². The summed E-state index contributed by atoms with van der Waals surface area (Å²) in [5, 5.41) is 8.94. The first-order valence-corrected chi connectivity index (χ1v) is 9.15. The van der Waals surface area contributed by atoms with Gasteiger partial charge in [-0.05, 0) is 51.7 Å². The zero-order chi connectivity index (χ0) is 19.2. The van der Waals surface area contributed by atoms with Gasteiger partial charge in [0.05, 0.1) is 11.9 Å². The molecule has 2 aromatic rings. The summed E-state index contributed by atoms with van der Waals surface area (Å²) in [6, 6.07) is 6.27. The van der Waals surface area contributed by atoms with E-state index in [1.165, 1.54) is 12.8 Å². The highest BCUT2D eigenvalue weighted by Gasteiger charge is 2.22. The van der Waals surface area contributed by atoms with Crippen molar-refractivity contribution < 1.29 is 14.6 Å². The number of rotatable bonds is 8. The van der Waals surface area contributed by atoms with Crippen molar-refractivity contribution in [2.24, 2.45) is 0 Å². The fourth-order valence-electron chi connectivity index (χ4n) is 3.52. The molecule has 27 heavy (non-hydrogen) atoms. The number of benzene rings is 1. The van der Waals surface area contributed by atoms with Crippen LogP contribution in [0.3, 0.4) is 0 Å². The van der Waals surface area contributed by atoms with E-state index in [4.69, 9.17) is 9.84 Å². The minimum absolute atomic E-state index is 0.355. The van der Waals surface area contributed by atoms with E-state index >= 15 is 0 Å². The quantitative estimate of drug-likeness (QED) is 0.762. The van der Waals surface area contributed by atoms with Crippen molar-refractivity contribution in [2.45, 2.75) is 25.4 Å². The van der Waals surface area contributed by atoms with Gasteiger partial charge in [-0.3, -0.25) is 9.97 Å². The second-order valence-corrected chi connectivity index (χ2v) is 7.07. The van der Waals surface area contributed by atoms with Gasteiger partial charge in [0.15, 0.2) is 6.61 Å². The van der Waals surface area contributed by atoms with Gasteiger partial charge < -0.3 is 19.6 Å². The van der Waals surface area contributed by atoms with E-state index in [9.17, 15) is 4.79 Å². The lowest BCUT2D eigenvalue weighted by atomic mass is 10.1. The van der Waals surface area contributed by atoms with Gasteiger partial charge in [-0.25, -0.2) is 4.79 Å². The number of ether oxygens (including phenoxy) is 1. The van der Waals surface area contributed by atoms with E-state index in [0.717, 1.165) is 29.9 Å². The van der Waals surface area contributed by atoms with Crippen LogP contribution in [0.4, 0.5) is 0 Å². The highest BCUT2D eigenvalue weighted by atomic mass is 16.5. The lowest BCUT2D eigenvalue weighted by Gasteiger charge is -2.26. The molecule has 7 heteroatoms. The van der Waals surface area contributed by atoms with Crippen molar-refractivity contribution in [3.63, 3.8) is 0 Å². The van der Waals surface area contributed by atoms with Crippen molar-refractivity contribution in [3.8, 4) is 17.0 Å².